The molecule has 160 valence electrons. The van der Waals surface area contributed by atoms with Crippen molar-refractivity contribution in [3.05, 3.63) is 64.5 Å². The summed E-state index contributed by atoms with van der Waals surface area (Å²) in [5.74, 6) is -0.229. The van der Waals surface area contributed by atoms with Gasteiger partial charge in [-0.2, -0.15) is 10.2 Å². The minimum absolute atomic E-state index is 0.148. The fourth-order valence-corrected chi connectivity index (χ4v) is 4.71. The van der Waals surface area contributed by atoms with Crippen molar-refractivity contribution in [2.45, 2.75) is 73.0 Å². The van der Waals surface area contributed by atoms with Crippen LogP contribution < -0.4 is 5.32 Å². The van der Waals surface area contributed by atoms with E-state index in [9.17, 15) is 4.39 Å². The van der Waals surface area contributed by atoms with Gasteiger partial charge < -0.3 is 5.32 Å². The molecule has 0 spiro atoms. The molecule has 5 nitrogen and oxygen atoms in total. The van der Waals surface area contributed by atoms with Crippen molar-refractivity contribution in [3.8, 4) is 5.69 Å². The highest BCUT2D eigenvalue weighted by Crippen LogP contribution is 2.41. The molecule has 4 rings (SSSR count). The second-order valence-electron chi connectivity index (χ2n) is 9.60. The maximum absolute atomic E-state index is 13.4. The summed E-state index contributed by atoms with van der Waals surface area (Å²) in [6.07, 6.45) is 3.97. The molecule has 0 aliphatic heterocycles. The number of aryl methyl sites for hydroxylation is 1. The Labute approximate surface area is 178 Å². The van der Waals surface area contributed by atoms with Crippen LogP contribution in [0.5, 0.6) is 0 Å². The fourth-order valence-electron chi connectivity index (χ4n) is 4.71. The van der Waals surface area contributed by atoms with Crippen LogP contribution in [0.15, 0.2) is 30.5 Å². The van der Waals surface area contributed by atoms with Crippen molar-refractivity contribution in [1.82, 2.24) is 24.9 Å². The van der Waals surface area contributed by atoms with E-state index >= 15 is 0 Å². The molecule has 0 bridgehead atoms. The minimum Gasteiger partial charge on any atom is -0.306 e. The van der Waals surface area contributed by atoms with Gasteiger partial charge in [-0.15, -0.1) is 0 Å². The molecule has 0 radical (unpaired) electrons. The lowest BCUT2D eigenvalue weighted by Gasteiger charge is -2.36. The number of benzene rings is 1. The number of hydrogen-bond donors (Lipinski definition) is 1. The van der Waals surface area contributed by atoms with E-state index in [2.05, 4.69) is 56.6 Å². The van der Waals surface area contributed by atoms with Crippen molar-refractivity contribution in [3.63, 3.8) is 0 Å². The highest BCUT2D eigenvalue weighted by molar-refractivity contribution is 5.38. The van der Waals surface area contributed by atoms with Crippen LogP contribution in [0.1, 0.15) is 74.4 Å². The third kappa shape index (κ3) is 3.81. The first kappa shape index (κ1) is 20.8. The van der Waals surface area contributed by atoms with Crippen LogP contribution in [-0.4, -0.2) is 19.6 Å². The van der Waals surface area contributed by atoms with Crippen LogP contribution in [0.2, 0.25) is 0 Å². The van der Waals surface area contributed by atoms with E-state index in [0.717, 1.165) is 30.8 Å². The molecule has 0 saturated carbocycles. The van der Waals surface area contributed by atoms with Gasteiger partial charge in [0.25, 0.3) is 0 Å². The summed E-state index contributed by atoms with van der Waals surface area (Å²) in [4.78, 5) is 0. The van der Waals surface area contributed by atoms with Gasteiger partial charge in [-0.25, -0.2) is 9.07 Å². The Morgan fingerprint density at radius 3 is 2.53 bits per heavy atom. The van der Waals surface area contributed by atoms with E-state index in [0.29, 0.717) is 6.04 Å². The number of aromatic nitrogens is 4. The lowest BCUT2D eigenvalue weighted by atomic mass is 9.74. The number of hydrogen-bond acceptors (Lipinski definition) is 3. The predicted octanol–water partition coefficient (Wildman–Crippen LogP) is 5.21. The summed E-state index contributed by atoms with van der Waals surface area (Å²) in [5, 5.41) is 13.2. The molecule has 2 aromatic heterocycles. The maximum Gasteiger partial charge on any atom is 0.123 e. The summed E-state index contributed by atoms with van der Waals surface area (Å²) in [6, 6.07) is 7.14. The first-order chi connectivity index (χ1) is 14.2. The molecule has 1 aliphatic rings. The van der Waals surface area contributed by atoms with Crippen LogP contribution in [0.3, 0.4) is 0 Å². The zero-order chi connectivity index (χ0) is 21.6. The van der Waals surface area contributed by atoms with Crippen LogP contribution in [0.4, 0.5) is 4.39 Å². The fraction of sp³-hybridized carbons (Fsp3) is 0.500. The lowest BCUT2D eigenvalue weighted by molar-refractivity contribution is 0.252. The Bertz CT molecular complexity index is 1040. The molecule has 2 heterocycles. The predicted molar refractivity (Wildman–Crippen MR) is 117 cm³/mol. The number of halogens is 1. The number of nitrogens with zero attached hydrogens (tertiary/aromatic N) is 4. The van der Waals surface area contributed by atoms with Crippen molar-refractivity contribution >= 4 is 0 Å². The quantitative estimate of drug-likeness (QED) is 0.629. The normalized spacial score (nSPS) is 18.1. The van der Waals surface area contributed by atoms with Gasteiger partial charge in [0.15, 0.2) is 0 Å². The summed E-state index contributed by atoms with van der Waals surface area (Å²) >= 11 is 0. The van der Waals surface area contributed by atoms with Crippen molar-refractivity contribution < 1.29 is 4.39 Å². The van der Waals surface area contributed by atoms with E-state index < -0.39 is 0 Å². The van der Waals surface area contributed by atoms with E-state index in [1.165, 1.54) is 34.6 Å². The zero-order valence-corrected chi connectivity index (χ0v) is 18.8. The molecule has 30 heavy (non-hydrogen) atoms. The van der Waals surface area contributed by atoms with Gasteiger partial charge in [-0.3, -0.25) is 4.68 Å². The van der Waals surface area contributed by atoms with E-state index in [1.807, 2.05) is 10.9 Å². The summed E-state index contributed by atoms with van der Waals surface area (Å²) in [7, 11) is 0. The summed E-state index contributed by atoms with van der Waals surface area (Å²) in [5.41, 5.74) is 7.10. The Hall–Kier alpha value is -2.47. The molecule has 1 aromatic carbocycles. The van der Waals surface area contributed by atoms with Crippen molar-refractivity contribution in [2.75, 3.05) is 0 Å². The van der Waals surface area contributed by atoms with Gasteiger partial charge in [0.05, 0.1) is 17.6 Å². The lowest BCUT2D eigenvalue weighted by Crippen LogP contribution is -2.33. The van der Waals surface area contributed by atoms with Gasteiger partial charge >= 0.3 is 0 Å². The number of rotatable bonds is 5. The third-order valence-electron chi connectivity index (χ3n) is 6.24. The standard InChI is InChI=1S/C24H32FN5/c1-15(2)29-17(4)20(16(3)28-29)13-26-22-11-24(5,6)12-23-21(22)14-27-30(23)19-9-7-18(25)8-10-19/h7-10,14-15,22,26H,11-13H2,1-6H3/t22-/m0/s1. The first-order valence-corrected chi connectivity index (χ1v) is 10.8. The van der Waals surface area contributed by atoms with E-state index in [-0.39, 0.29) is 17.3 Å². The smallest absolute Gasteiger partial charge is 0.123 e. The highest BCUT2D eigenvalue weighted by Gasteiger charge is 2.35. The van der Waals surface area contributed by atoms with Crippen LogP contribution >= 0.6 is 0 Å². The maximum atomic E-state index is 13.4. The van der Waals surface area contributed by atoms with Gasteiger partial charge in [-0.05, 0) is 70.2 Å². The van der Waals surface area contributed by atoms with E-state index in [4.69, 9.17) is 5.10 Å². The first-order valence-electron chi connectivity index (χ1n) is 10.8. The average Bonchev–Trinajstić information content (AvgIpc) is 3.20. The molecule has 1 atom stereocenters. The molecule has 0 amide bonds. The van der Waals surface area contributed by atoms with Gasteiger partial charge in [-0.1, -0.05) is 13.8 Å². The van der Waals surface area contributed by atoms with Crippen LogP contribution in [0.25, 0.3) is 5.69 Å². The Morgan fingerprint density at radius 2 is 1.90 bits per heavy atom. The molecular formula is C24H32FN5. The number of fused-ring (bicyclic) bond motifs is 1. The van der Waals surface area contributed by atoms with Crippen LogP contribution in [-0.2, 0) is 13.0 Å². The topological polar surface area (TPSA) is 47.7 Å². The molecule has 0 saturated heterocycles. The molecule has 3 aromatic rings. The second-order valence-corrected chi connectivity index (χ2v) is 9.60. The largest absolute Gasteiger partial charge is 0.306 e. The molecule has 6 heteroatoms. The highest BCUT2D eigenvalue weighted by atomic mass is 19.1. The summed E-state index contributed by atoms with van der Waals surface area (Å²) < 4.78 is 17.5. The minimum atomic E-state index is -0.229. The molecule has 0 fully saturated rings. The van der Waals surface area contributed by atoms with Gasteiger partial charge in [0, 0.05) is 41.1 Å². The Morgan fingerprint density at radius 1 is 1.20 bits per heavy atom. The van der Waals surface area contributed by atoms with Gasteiger partial charge in [0.2, 0.25) is 0 Å². The zero-order valence-electron chi connectivity index (χ0n) is 18.8. The van der Waals surface area contributed by atoms with E-state index in [1.54, 1.807) is 12.1 Å². The molecule has 0 unspecified atom stereocenters. The van der Waals surface area contributed by atoms with Crippen molar-refractivity contribution in [1.29, 1.82) is 0 Å². The summed E-state index contributed by atoms with van der Waals surface area (Å²) in [6.45, 7) is 14.0. The number of nitrogens with one attached hydrogen (secondary N) is 1. The Kier molecular flexibility index (Phi) is 5.30. The SMILES string of the molecule is Cc1nn(C(C)C)c(C)c1CN[C@H]1CC(C)(C)Cc2c1cnn2-c1ccc(F)cc1. The Balaban J connectivity index is 1.63. The molecular weight excluding hydrogens is 377 g/mol. The monoisotopic (exact) mass is 409 g/mol. The van der Waals surface area contributed by atoms with Crippen LogP contribution in [0, 0.1) is 25.1 Å². The average molecular weight is 410 g/mol. The third-order valence-corrected chi connectivity index (χ3v) is 6.24. The van der Waals surface area contributed by atoms with Crippen molar-refractivity contribution in [2.24, 2.45) is 5.41 Å². The van der Waals surface area contributed by atoms with Gasteiger partial charge in [0.1, 0.15) is 5.82 Å². The molecule has 1 N–H and O–H groups in total. The second kappa shape index (κ2) is 7.65. The molecule has 1 aliphatic carbocycles.